The molecule has 0 unspecified atom stereocenters. The molecule has 2 aromatic carbocycles. The van der Waals surface area contributed by atoms with Gasteiger partial charge in [-0.25, -0.2) is 9.78 Å². The summed E-state index contributed by atoms with van der Waals surface area (Å²) >= 11 is 1.46. The lowest BCUT2D eigenvalue weighted by Gasteiger charge is -2.31. The molecule has 5 rings (SSSR count). The number of carbonyl (C=O) groups excluding carboxylic acids is 3. The minimum absolute atomic E-state index is 0.0157. The van der Waals surface area contributed by atoms with Crippen molar-refractivity contribution in [2.75, 3.05) is 18.4 Å². The standard InChI is InChI=1S/C27H27N3O5S/c1-16(2)35-21-7-4-18(5-8-21)26(32)30-11-9-17(10-12-30)25-29-23(15-36-25)24(31)28-20-6-3-19-14-34-27(33)22(19)13-20/h3-8,13,15-17H,9-12,14H2,1-2H3,(H,28,31). The minimum Gasteiger partial charge on any atom is -0.491 e. The Morgan fingerprint density at radius 3 is 2.61 bits per heavy atom. The number of fused-ring (bicyclic) bond motifs is 1. The molecular formula is C27H27N3O5S. The normalized spacial score (nSPS) is 15.5. The number of carbonyl (C=O) groups is 3. The van der Waals surface area contributed by atoms with Crippen LogP contribution in [0, 0.1) is 0 Å². The Hall–Kier alpha value is -3.72. The molecule has 1 aromatic heterocycles. The quantitative estimate of drug-likeness (QED) is 0.480. The fourth-order valence-corrected chi connectivity index (χ4v) is 5.40. The van der Waals surface area contributed by atoms with Crippen LogP contribution < -0.4 is 10.1 Å². The first-order valence-electron chi connectivity index (χ1n) is 12.0. The van der Waals surface area contributed by atoms with Gasteiger partial charge in [-0.1, -0.05) is 6.07 Å². The Bertz CT molecular complexity index is 1290. The van der Waals surface area contributed by atoms with E-state index in [0.29, 0.717) is 35.6 Å². The van der Waals surface area contributed by atoms with Crippen LogP contribution in [0.25, 0.3) is 0 Å². The van der Waals surface area contributed by atoms with Crippen LogP contribution >= 0.6 is 11.3 Å². The molecule has 1 N–H and O–H groups in total. The zero-order chi connectivity index (χ0) is 25.2. The highest BCUT2D eigenvalue weighted by Crippen LogP contribution is 2.31. The molecule has 1 fully saturated rings. The number of benzene rings is 2. The number of anilines is 1. The summed E-state index contributed by atoms with van der Waals surface area (Å²) in [5.74, 6) is 0.280. The maximum Gasteiger partial charge on any atom is 0.338 e. The van der Waals surface area contributed by atoms with Gasteiger partial charge in [0.1, 0.15) is 18.1 Å². The molecule has 8 nitrogen and oxygen atoms in total. The molecule has 2 aliphatic rings. The zero-order valence-electron chi connectivity index (χ0n) is 20.2. The number of thiazole rings is 1. The molecule has 3 aromatic rings. The summed E-state index contributed by atoms with van der Waals surface area (Å²) in [5.41, 5.74) is 2.82. The van der Waals surface area contributed by atoms with Crippen LogP contribution in [-0.4, -0.2) is 46.9 Å². The molecule has 3 heterocycles. The largest absolute Gasteiger partial charge is 0.491 e. The van der Waals surface area contributed by atoms with Gasteiger partial charge < -0.3 is 19.7 Å². The molecule has 1 saturated heterocycles. The van der Waals surface area contributed by atoms with Gasteiger partial charge in [-0.15, -0.1) is 11.3 Å². The SMILES string of the molecule is CC(C)Oc1ccc(C(=O)N2CCC(c3nc(C(=O)Nc4ccc5c(c4)C(=O)OC5)cs3)CC2)cc1. The predicted octanol–water partition coefficient (Wildman–Crippen LogP) is 4.87. The van der Waals surface area contributed by atoms with E-state index in [9.17, 15) is 14.4 Å². The Balaban J connectivity index is 1.16. The molecular weight excluding hydrogens is 478 g/mol. The molecule has 0 bridgehead atoms. The molecule has 0 aliphatic carbocycles. The van der Waals surface area contributed by atoms with Crippen LogP contribution in [-0.2, 0) is 11.3 Å². The van der Waals surface area contributed by atoms with E-state index in [1.807, 2.05) is 43.0 Å². The third-order valence-corrected chi connectivity index (χ3v) is 7.31. The van der Waals surface area contributed by atoms with Gasteiger partial charge in [0.15, 0.2) is 0 Å². The fourth-order valence-electron chi connectivity index (χ4n) is 4.43. The molecule has 0 atom stereocenters. The monoisotopic (exact) mass is 505 g/mol. The third kappa shape index (κ3) is 5.11. The van der Waals surface area contributed by atoms with Crippen LogP contribution in [0.1, 0.15) is 74.4 Å². The van der Waals surface area contributed by atoms with Crippen molar-refractivity contribution in [1.82, 2.24) is 9.88 Å². The summed E-state index contributed by atoms with van der Waals surface area (Å²) < 4.78 is 10.7. The van der Waals surface area contributed by atoms with Gasteiger partial charge in [-0.05, 0) is 63.1 Å². The Labute approximate surface area is 213 Å². The lowest BCUT2D eigenvalue weighted by atomic mass is 9.97. The van der Waals surface area contributed by atoms with Crippen molar-refractivity contribution in [1.29, 1.82) is 0 Å². The van der Waals surface area contributed by atoms with E-state index in [1.54, 1.807) is 23.6 Å². The van der Waals surface area contributed by atoms with Crippen molar-refractivity contribution >= 4 is 34.8 Å². The van der Waals surface area contributed by atoms with E-state index in [4.69, 9.17) is 9.47 Å². The third-order valence-electron chi connectivity index (χ3n) is 6.31. The molecule has 0 radical (unpaired) electrons. The lowest BCUT2D eigenvalue weighted by molar-refractivity contribution is 0.0534. The van der Waals surface area contributed by atoms with E-state index in [1.165, 1.54) is 11.3 Å². The first-order valence-corrected chi connectivity index (χ1v) is 12.9. The topological polar surface area (TPSA) is 97.8 Å². The second kappa shape index (κ2) is 10.1. The summed E-state index contributed by atoms with van der Waals surface area (Å²) in [6, 6.07) is 12.4. The van der Waals surface area contributed by atoms with Gasteiger partial charge in [0.2, 0.25) is 0 Å². The molecule has 0 spiro atoms. The second-order valence-corrected chi connectivity index (χ2v) is 10.1. The average Bonchev–Trinajstić information content (AvgIpc) is 3.51. The van der Waals surface area contributed by atoms with E-state index in [0.717, 1.165) is 29.2 Å². The number of rotatable bonds is 6. The number of esters is 1. The van der Waals surface area contributed by atoms with E-state index in [-0.39, 0.29) is 36.4 Å². The molecule has 186 valence electrons. The Morgan fingerprint density at radius 2 is 1.89 bits per heavy atom. The van der Waals surface area contributed by atoms with Gasteiger partial charge in [0.05, 0.1) is 16.7 Å². The number of nitrogens with zero attached hydrogens (tertiary/aromatic N) is 2. The molecule has 0 saturated carbocycles. The van der Waals surface area contributed by atoms with Crippen molar-refractivity contribution in [3.63, 3.8) is 0 Å². The van der Waals surface area contributed by atoms with Crippen molar-refractivity contribution < 1.29 is 23.9 Å². The minimum atomic E-state index is -0.376. The Kier molecular flexibility index (Phi) is 6.73. The molecule has 36 heavy (non-hydrogen) atoms. The van der Waals surface area contributed by atoms with E-state index >= 15 is 0 Å². The molecule has 2 amide bonds. The van der Waals surface area contributed by atoms with Crippen LogP contribution in [0.4, 0.5) is 5.69 Å². The number of hydrogen-bond donors (Lipinski definition) is 1. The summed E-state index contributed by atoms with van der Waals surface area (Å²) in [5, 5.41) is 5.47. The van der Waals surface area contributed by atoms with Crippen molar-refractivity contribution in [3.8, 4) is 5.75 Å². The smallest absolute Gasteiger partial charge is 0.338 e. The summed E-state index contributed by atoms with van der Waals surface area (Å²) in [7, 11) is 0. The van der Waals surface area contributed by atoms with Crippen molar-refractivity contribution in [2.45, 2.75) is 45.3 Å². The van der Waals surface area contributed by atoms with Crippen molar-refractivity contribution in [3.05, 3.63) is 75.2 Å². The van der Waals surface area contributed by atoms with E-state index in [2.05, 4.69) is 10.3 Å². The van der Waals surface area contributed by atoms with Crippen LogP contribution in [0.15, 0.2) is 47.8 Å². The van der Waals surface area contributed by atoms with Gasteiger partial charge >= 0.3 is 5.97 Å². The lowest BCUT2D eigenvalue weighted by Crippen LogP contribution is -2.37. The zero-order valence-corrected chi connectivity index (χ0v) is 21.0. The number of likely N-dealkylation sites (tertiary alicyclic amines) is 1. The Morgan fingerprint density at radius 1 is 1.14 bits per heavy atom. The summed E-state index contributed by atoms with van der Waals surface area (Å²) in [6.45, 7) is 5.48. The highest BCUT2D eigenvalue weighted by molar-refractivity contribution is 7.10. The van der Waals surface area contributed by atoms with Gasteiger partial charge in [-0.3, -0.25) is 9.59 Å². The first kappa shape index (κ1) is 24.0. The number of aromatic nitrogens is 1. The number of piperidine rings is 1. The first-order chi connectivity index (χ1) is 17.4. The van der Waals surface area contributed by atoms with Gasteiger partial charge in [0.25, 0.3) is 11.8 Å². The maximum absolute atomic E-state index is 12.9. The van der Waals surface area contributed by atoms with Crippen molar-refractivity contribution in [2.24, 2.45) is 0 Å². The number of ether oxygens (including phenoxy) is 2. The van der Waals surface area contributed by atoms with Crippen LogP contribution in [0.2, 0.25) is 0 Å². The summed E-state index contributed by atoms with van der Waals surface area (Å²) in [6.07, 6.45) is 1.67. The summed E-state index contributed by atoms with van der Waals surface area (Å²) in [4.78, 5) is 43.9. The fraction of sp³-hybridized carbons (Fsp3) is 0.333. The van der Waals surface area contributed by atoms with Gasteiger partial charge in [-0.2, -0.15) is 0 Å². The number of hydrogen-bond acceptors (Lipinski definition) is 7. The number of amides is 2. The molecule has 9 heteroatoms. The number of nitrogens with one attached hydrogen (secondary N) is 1. The van der Waals surface area contributed by atoms with Crippen LogP contribution in [0.5, 0.6) is 5.75 Å². The predicted molar refractivity (Wildman–Crippen MR) is 136 cm³/mol. The van der Waals surface area contributed by atoms with E-state index < -0.39 is 0 Å². The average molecular weight is 506 g/mol. The molecule has 2 aliphatic heterocycles. The number of cyclic esters (lactones) is 1. The highest BCUT2D eigenvalue weighted by atomic mass is 32.1. The maximum atomic E-state index is 12.9. The highest BCUT2D eigenvalue weighted by Gasteiger charge is 2.27. The van der Waals surface area contributed by atoms with Crippen LogP contribution in [0.3, 0.4) is 0 Å². The van der Waals surface area contributed by atoms with Gasteiger partial charge in [0, 0.05) is 41.2 Å². The second-order valence-electron chi connectivity index (χ2n) is 9.23.